The van der Waals surface area contributed by atoms with E-state index in [0.717, 1.165) is 11.1 Å². The SMILES string of the molecule is C[C@]1(c2ccccc2)[C@H](c2ccccc2)CC(O)C1(C#N)C#N. The normalized spacial score (nSPS) is 28.7. The molecule has 0 saturated heterocycles. The number of nitriles is 2. The lowest BCUT2D eigenvalue weighted by molar-refractivity contribution is 0.0989. The average molecular weight is 302 g/mol. The fourth-order valence-corrected chi connectivity index (χ4v) is 4.03. The van der Waals surface area contributed by atoms with Crippen LogP contribution in [0.2, 0.25) is 0 Å². The van der Waals surface area contributed by atoms with E-state index in [9.17, 15) is 15.6 Å². The van der Waals surface area contributed by atoms with E-state index < -0.39 is 16.9 Å². The summed E-state index contributed by atoms with van der Waals surface area (Å²) in [6.45, 7) is 1.93. The Morgan fingerprint density at radius 2 is 1.48 bits per heavy atom. The molecular formula is C20H18N2O. The molecule has 3 rings (SSSR count). The van der Waals surface area contributed by atoms with Crippen molar-refractivity contribution in [2.24, 2.45) is 5.41 Å². The van der Waals surface area contributed by atoms with Crippen molar-refractivity contribution < 1.29 is 5.11 Å². The lowest BCUT2D eigenvalue weighted by Gasteiger charge is -2.39. The molecule has 3 nitrogen and oxygen atoms in total. The Morgan fingerprint density at radius 1 is 0.957 bits per heavy atom. The molecule has 0 aromatic heterocycles. The Morgan fingerprint density at radius 3 is 2.00 bits per heavy atom. The number of aliphatic hydroxyl groups excluding tert-OH is 1. The highest BCUT2D eigenvalue weighted by Crippen LogP contribution is 2.60. The topological polar surface area (TPSA) is 67.8 Å². The van der Waals surface area contributed by atoms with Gasteiger partial charge in [0.25, 0.3) is 0 Å². The third-order valence-corrected chi connectivity index (χ3v) is 5.40. The van der Waals surface area contributed by atoms with Crippen LogP contribution in [-0.4, -0.2) is 11.2 Å². The van der Waals surface area contributed by atoms with Gasteiger partial charge in [-0.3, -0.25) is 0 Å². The van der Waals surface area contributed by atoms with Gasteiger partial charge in [-0.25, -0.2) is 0 Å². The maximum Gasteiger partial charge on any atom is 0.179 e. The second kappa shape index (κ2) is 5.54. The summed E-state index contributed by atoms with van der Waals surface area (Å²) in [4.78, 5) is 0. The van der Waals surface area contributed by atoms with E-state index in [1.807, 2.05) is 67.6 Å². The zero-order valence-electron chi connectivity index (χ0n) is 13.0. The molecule has 1 aliphatic carbocycles. The Hall–Kier alpha value is -2.62. The fraction of sp³-hybridized carbons (Fsp3) is 0.300. The van der Waals surface area contributed by atoms with Crippen molar-refractivity contribution in [2.45, 2.75) is 30.8 Å². The second-order valence-corrected chi connectivity index (χ2v) is 6.31. The Labute approximate surface area is 136 Å². The molecule has 1 saturated carbocycles. The van der Waals surface area contributed by atoms with E-state index in [1.54, 1.807) is 0 Å². The minimum Gasteiger partial charge on any atom is -0.390 e. The number of aliphatic hydroxyl groups is 1. The predicted octanol–water partition coefficient (Wildman–Crippen LogP) is 3.53. The fourth-order valence-electron chi connectivity index (χ4n) is 4.03. The largest absolute Gasteiger partial charge is 0.390 e. The molecule has 2 aromatic carbocycles. The molecule has 2 aromatic rings. The number of hydrogen-bond donors (Lipinski definition) is 1. The van der Waals surface area contributed by atoms with Crippen molar-refractivity contribution in [1.82, 2.24) is 0 Å². The van der Waals surface area contributed by atoms with Gasteiger partial charge >= 0.3 is 0 Å². The van der Waals surface area contributed by atoms with Crippen LogP contribution in [0.4, 0.5) is 0 Å². The first-order chi connectivity index (χ1) is 11.1. The van der Waals surface area contributed by atoms with E-state index >= 15 is 0 Å². The molecule has 23 heavy (non-hydrogen) atoms. The van der Waals surface area contributed by atoms with Crippen LogP contribution >= 0.6 is 0 Å². The summed E-state index contributed by atoms with van der Waals surface area (Å²) in [7, 11) is 0. The Balaban J connectivity index is 2.27. The molecule has 0 amide bonds. The van der Waals surface area contributed by atoms with Gasteiger partial charge in [-0.1, -0.05) is 67.6 Å². The number of nitrogens with zero attached hydrogens (tertiary/aromatic N) is 2. The minimum atomic E-state index is -1.46. The van der Waals surface area contributed by atoms with Gasteiger partial charge in [-0.05, 0) is 23.5 Å². The highest BCUT2D eigenvalue weighted by molar-refractivity contribution is 5.46. The summed E-state index contributed by atoms with van der Waals surface area (Å²) >= 11 is 0. The quantitative estimate of drug-likeness (QED) is 0.922. The number of rotatable bonds is 2. The molecule has 1 aliphatic rings. The summed E-state index contributed by atoms with van der Waals surface area (Å²) in [5.74, 6) is -0.0969. The Bertz CT molecular complexity index is 759. The maximum atomic E-state index is 10.6. The monoisotopic (exact) mass is 302 g/mol. The molecular weight excluding hydrogens is 284 g/mol. The zero-order chi connectivity index (χ0) is 16.5. The van der Waals surface area contributed by atoms with Gasteiger partial charge in [0.1, 0.15) is 0 Å². The number of benzene rings is 2. The van der Waals surface area contributed by atoms with Gasteiger partial charge in [0.15, 0.2) is 5.41 Å². The predicted molar refractivity (Wildman–Crippen MR) is 87.3 cm³/mol. The lowest BCUT2D eigenvalue weighted by atomic mass is 9.59. The summed E-state index contributed by atoms with van der Waals surface area (Å²) in [5, 5.41) is 30.3. The summed E-state index contributed by atoms with van der Waals surface area (Å²) in [5.41, 5.74) is -0.285. The highest BCUT2D eigenvalue weighted by Gasteiger charge is 2.64. The van der Waals surface area contributed by atoms with Gasteiger partial charge in [0, 0.05) is 5.41 Å². The molecule has 0 spiro atoms. The van der Waals surface area contributed by atoms with Crippen molar-refractivity contribution in [3.63, 3.8) is 0 Å². The zero-order valence-corrected chi connectivity index (χ0v) is 13.0. The molecule has 3 heteroatoms. The second-order valence-electron chi connectivity index (χ2n) is 6.31. The van der Waals surface area contributed by atoms with E-state index in [-0.39, 0.29) is 5.92 Å². The van der Waals surface area contributed by atoms with E-state index in [2.05, 4.69) is 12.1 Å². The molecule has 3 atom stereocenters. The van der Waals surface area contributed by atoms with Crippen LogP contribution in [0.15, 0.2) is 60.7 Å². The first kappa shape index (κ1) is 15.3. The van der Waals surface area contributed by atoms with Crippen LogP contribution in [0.1, 0.15) is 30.4 Å². The van der Waals surface area contributed by atoms with Gasteiger partial charge < -0.3 is 5.11 Å². The highest BCUT2D eigenvalue weighted by atomic mass is 16.3. The molecule has 0 radical (unpaired) electrons. The van der Waals surface area contributed by atoms with Gasteiger partial charge in [-0.15, -0.1) is 0 Å². The lowest BCUT2D eigenvalue weighted by Crippen LogP contribution is -2.45. The molecule has 1 N–H and O–H groups in total. The van der Waals surface area contributed by atoms with E-state index in [1.165, 1.54) is 0 Å². The smallest absolute Gasteiger partial charge is 0.179 e. The summed E-state index contributed by atoms with van der Waals surface area (Å²) in [6.07, 6.45) is -0.579. The molecule has 114 valence electrons. The summed E-state index contributed by atoms with van der Waals surface area (Å²) in [6, 6.07) is 23.8. The van der Waals surface area contributed by atoms with Crippen LogP contribution < -0.4 is 0 Å². The first-order valence-corrected chi connectivity index (χ1v) is 7.71. The average Bonchev–Trinajstić information content (AvgIpc) is 2.85. The Kier molecular flexibility index (Phi) is 3.68. The first-order valence-electron chi connectivity index (χ1n) is 7.71. The van der Waals surface area contributed by atoms with Gasteiger partial charge in [-0.2, -0.15) is 10.5 Å². The third-order valence-electron chi connectivity index (χ3n) is 5.40. The van der Waals surface area contributed by atoms with Crippen LogP contribution in [0.5, 0.6) is 0 Å². The molecule has 0 heterocycles. The molecule has 0 aliphatic heterocycles. The maximum absolute atomic E-state index is 10.6. The van der Waals surface area contributed by atoms with Crippen molar-refractivity contribution in [3.8, 4) is 12.1 Å². The van der Waals surface area contributed by atoms with Crippen molar-refractivity contribution in [3.05, 3.63) is 71.8 Å². The third kappa shape index (κ3) is 1.98. The standard InChI is InChI=1S/C20H18N2O/c1-19(16-10-6-3-7-11-16)17(15-8-4-2-5-9-15)12-18(23)20(19,13-21)14-22/h2-11,17-18,23H,12H2,1H3/t17-,18?,19-/m0/s1. The number of hydrogen-bond acceptors (Lipinski definition) is 3. The van der Waals surface area contributed by atoms with Crippen molar-refractivity contribution in [1.29, 1.82) is 10.5 Å². The van der Waals surface area contributed by atoms with Crippen LogP contribution in [0.3, 0.4) is 0 Å². The van der Waals surface area contributed by atoms with Crippen LogP contribution in [0.25, 0.3) is 0 Å². The van der Waals surface area contributed by atoms with Crippen LogP contribution in [-0.2, 0) is 5.41 Å². The molecule has 1 unspecified atom stereocenters. The van der Waals surface area contributed by atoms with Crippen LogP contribution in [0, 0.1) is 28.1 Å². The van der Waals surface area contributed by atoms with E-state index in [0.29, 0.717) is 6.42 Å². The van der Waals surface area contributed by atoms with Gasteiger partial charge in [0.2, 0.25) is 0 Å². The van der Waals surface area contributed by atoms with E-state index in [4.69, 9.17) is 0 Å². The molecule has 0 bridgehead atoms. The molecule has 1 fully saturated rings. The minimum absolute atomic E-state index is 0.0969. The summed E-state index contributed by atoms with van der Waals surface area (Å²) < 4.78 is 0. The van der Waals surface area contributed by atoms with Crippen molar-refractivity contribution in [2.75, 3.05) is 0 Å². The van der Waals surface area contributed by atoms with Crippen molar-refractivity contribution >= 4 is 0 Å². The van der Waals surface area contributed by atoms with Gasteiger partial charge in [0.05, 0.1) is 18.2 Å².